The van der Waals surface area contributed by atoms with E-state index in [1.54, 1.807) is 12.3 Å². The number of nitrogens with two attached hydrogens (primary N) is 1. The van der Waals surface area contributed by atoms with Gasteiger partial charge in [-0.25, -0.2) is 0 Å². The predicted molar refractivity (Wildman–Crippen MR) is 95.9 cm³/mol. The summed E-state index contributed by atoms with van der Waals surface area (Å²) in [7, 11) is 0. The van der Waals surface area contributed by atoms with E-state index in [2.05, 4.69) is 4.98 Å². The number of benzene rings is 1. The Bertz CT molecular complexity index is 818. The zero-order chi connectivity index (χ0) is 17.6. The number of rotatable bonds is 5. The van der Waals surface area contributed by atoms with E-state index in [0.717, 1.165) is 23.5 Å². The highest BCUT2D eigenvalue weighted by Gasteiger charge is 2.41. The van der Waals surface area contributed by atoms with Crippen LogP contribution in [0.2, 0.25) is 0 Å². The van der Waals surface area contributed by atoms with Crippen molar-refractivity contribution >= 4 is 16.8 Å². The van der Waals surface area contributed by atoms with Crippen LogP contribution in [0.4, 0.5) is 0 Å². The first-order valence-corrected chi connectivity index (χ1v) is 9.07. The normalized spacial score (nSPS) is 24.8. The molecule has 4 rings (SSSR count). The van der Waals surface area contributed by atoms with Crippen LogP contribution < -0.4 is 15.2 Å². The van der Waals surface area contributed by atoms with Gasteiger partial charge in [0, 0.05) is 11.6 Å². The molecule has 2 N–H and O–H groups in total. The van der Waals surface area contributed by atoms with Crippen LogP contribution in [0.15, 0.2) is 24.4 Å². The molecule has 5 heteroatoms. The minimum absolute atomic E-state index is 0.0536. The molecule has 0 saturated heterocycles. The molecule has 0 radical (unpaired) electrons. The topological polar surface area (TPSA) is 74.4 Å². The monoisotopic (exact) mass is 340 g/mol. The molecule has 2 aliphatic carbocycles. The Balaban J connectivity index is 1.73. The van der Waals surface area contributed by atoms with E-state index in [4.69, 9.17) is 15.2 Å². The molecular formula is C20H24N2O3. The van der Waals surface area contributed by atoms with Crippen LogP contribution in [-0.2, 0) is 0 Å². The Morgan fingerprint density at radius 3 is 2.72 bits per heavy atom. The van der Waals surface area contributed by atoms with Gasteiger partial charge in [0.25, 0.3) is 5.91 Å². The third kappa shape index (κ3) is 3.03. The first kappa shape index (κ1) is 16.2. The van der Waals surface area contributed by atoms with E-state index >= 15 is 0 Å². The number of carbonyl (C=O) groups excluding carboxylic acids is 1. The summed E-state index contributed by atoms with van der Waals surface area (Å²) in [6.07, 6.45) is 7.00. The highest BCUT2D eigenvalue weighted by Crippen LogP contribution is 2.46. The van der Waals surface area contributed by atoms with Gasteiger partial charge in [-0.15, -0.1) is 0 Å². The number of aromatic nitrogens is 1. The van der Waals surface area contributed by atoms with E-state index < -0.39 is 5.91 Å². The maximum Gasteiger partial charge on any atom is 0.252 e. The molecular weight excluding hydrogens is 316 g/mol. The SMILES string of the molecule is CC(C)Oc1cc2c(OC3CC4CC[C@H]3C4)ccnc2cc1C(N)=O. The van der Waals surface area contributed by atoms with Crippen molar-refractivity contribution in [3.8, 4) is 11.5 Å². The summed E-state index contributed by atoms with van der Waals surface area (Å²) in [4.78, 5) is 16.2. The molecule has 1 amide bonds. The van der Waals surface area contributed by atoms with E-state index in [-0.39, 0.29) is 12.2 Å². The average molecular weight is 340 g/mol. The molecule has 0 spiro atoms. The highest BCUT2D eigenvalue weighted by molar-refractivity contribution is 6.01. The van der Waals surface area contributed by atoms with E-state index in [9.17, 15) is 4.79 Å². The number of hydrogen-bond donors (Lipinski definition) is 1. The number of ether oxygens (including phenoxy) is 2. The summed E-state index contributed by atoms with van der Waals surface area (Å²) in [6.45, 7) is 3.84. The number of fused-ring (bicyclic) bond motifs is 3. The van der Waals surface area contributed by atoms with Gasteiger partial charge in [0.05, 0.1) is 17.2 Å². The van der Waals surface area contributed by atoms with E-state index in [0.29, 0.717) is 22.7 Å². The highest BCUT2D eigenvalue weighted by atomic mass is 16.5. The third-order valence-corrected chi connectivity index (χ3v) is 5.38. The second-order valence-electron chi connectivity index (χ2n) is 7.54. The van der Waals surface area contributed by atoms with Crippen molar-refractivity contribution in [1.29, 1.82) is 0 Å². The summed E-state index contributed by atoms with van der Waals surface area (Å²) in [5.74, 6) is 2.28. The van der Waals surface area contributed by atoms with Crippen LogP contribution >= 0.6 is 0 Å². The summed E-state index contributed by atoms with van der Waals surface area (Å²) >= 11 is 0. The first-order chi connectivity index (χ1) is 12.0. The van der Waals surface area contributed by atoms with Crippen molar-refractivity contribution in [2.45, 2.75) is 51.7 Å². The molecule has 3 atom stereocenters. The fourth-order valence-corrected chi connectivity index (χ4v) is 4.29. The van der Waals surface area contributed by atoms with Gasteiger partial charge in [0.1, 0.15) is 17.6 Å². The van der Waals surface area contributed by atoms with Crippen molar-refractivity contribution in [2.75, 3.05) is 0 Å². The van der Waals surface area contributed by atoms with Crippen molar-refractivity contribution in [1.82, 2.24) is 4.98 Å². The number of primary amides is 1. The average Bonchev–Trinajstić information content (AvgIpc) is 3.17. The van der Waals surface area contributed by atoms with Crippen LogP contribution in [0.1, 0.15) is 49.9 Å². The van der Waals surface area contributed by atoms with Gasteiger partial charge in [0.15, 0.2) is 0 Å². The first-order valence-electron chi connectivity index (χ1n) is 9.07. The van der Waals surface area contributed by atoms with Gasteiger partial charge >= 0.3 is 0 Å². The molecule has 2 saturated carbocycles. The molecule has 2 unspecified atom stereocenters. The van der Waals surface area contributed by atoms with Crippen LogP contribution in [0, 0.1) is 11.8 Å². The van der Waals surface area contributed by atoms with Gasteiger partial charge in [0.2, 0.25) is 0 Å². The second kappa shape index (κ2) is 6.21. The lowest BCUT2D eigenvalue weighted by molar-refractivity contribution is 0.0994. The fourth-order valence-electron chi connectivity index (χ4n) is 4.29. The largest absolute Gasteiger partial charge is 0.490 e. The smallest absolute Gasteiger partial charge is 0.252 e. The maximum atomic E-state index is 11.8. The standard InChI is InChI=1S/C20H24N2O3/c1-11(2)24-19-10-14-16(9-15(19)20(21)23)22-6-5-17(14)25-18-8-12-3-4-13(18)7-12/h5-6,9-13,18H,3-4,7-8H2,1-2H3,(H2,21,23)/t12?,13-,18?/m0/s1. The number of pyridine rings is 1. The molecule has 1 aromatic carbocycles. The van der Waals surface area contributed by atoms with Crippen molar-refractivity contribution in [2.24, 2.45) is 17.6 Å². The molecule has 132 valence electrons. The zero-order valence-electron chi connectivity index (χ0n) is 14.7. The lowest BCUT2D eigenvalue weighted by Crippen LogP contribution is -2.23. The Morgan fingerprint density at radius 2 is 2.08 bits per heavy atom. The Labute approximate surface area is 147 Å². The molecule has 5 nitrogen and oxygen atoms in total. The molecule has 1 heterocycles. The number of hydrogen-bond acceptors (Lipinski definition) is 4. The van der Waals surface area contributed by atoms with Crippen LogP contribution in [0.3, 0.4) is 0 Å². The molecule has 25 heavy (non-hydrogen) atoms. The zero-order valence-corrected chi connectivity index (χ0v) is 14.7. The summed E-state index contributed by atoms with van der Waals surface area (Å²) in [6, 6.07) is 5.44. The molecule has 2 fully saturated rings. The lowest BCUT2D eigenvalue weighted by Gasteiger charge is -2.24. The summed E-state index contributed by atoms with van der Waals surface area (Å²) in [5, 5.41) is 0.867. The minimum Gasteiger partial charge on any atom is -0.490 e. The van der Waals surface area contributed by atoms with Gasteiger partial charge in [-0.3, -0.25) is 9.78 Å². The maximum absolute atomic E-state index is 11.8. The Kier molecular flexibility index (Phi) is 4.02. The summed E-state index contributed by atoms with van der Waals surface area (Å²) in [5.41, 5.74) is 6.57. The van der Waals surface area contributed by atoms with Crippen molar-refractivity contribution in [3.05, 3.63) is 30.0 Å². The van der Waals surface area contributed by atoms with E-state index in [1.807, 2.05) is 26.0 Å². The van der Waals surface area contributed by atoms with Crippen molar-refractivity contribution < 1.29 is 14.3 Å². The van der Waals surface area contributed by atoms with Gasteiger partial charge in [-0.1, -0.05) is 0 Å². The Hall–Kier alpha value is -2.30. The fraction of sp³-hybridized carbons (Fsp3) is 0.500. The molecule has 1 aromatic heterocycles. The second-order valence-corrected chi connectivity index (χ2v) is 7.54. The van der Waals surface area contributed by atoms with Gasteiger partial charge < -0.3 is 15.2 Å². The van der Waals surface area contributed by atoms with Crippen LogP contribution in [-0.4, -0.2) is 23.1 Å². The minimum atomic E-state index is -0.515. The van der Waals surface area contributed by atoms with Crippen LogP contribution in [0.25, 0.3) is 10.9 Å². The third-order valence-electron chi connectivity index (χ3n) is 5.38. The lowest BCUT2D eigenvalue weighted by atomic mass is 9.97. The molecule has 2 aliphatic rings. The summed E-state index contributed by atoms with van der Waals surface area (Å²) < 4.78 is 12.2. The number of amides is 1. The molecule has 2 aromatic rings. The molecule has 0 aliphatic heterocycles. The number of nitrogens with zero attached hydrogens (tertiary/aromatic N) is 1. The predicted octanol–water partition coefficient (Wildman–Crippen LogP) is 3.69. The Morgan fingerprint density at radius 1 is 1.24 bits per heavy atom. The van der Waals surface area contributed by atoms with E-state index in [1.165, 1.54) is 19.3 Å². The number of carbonyl (C=O) groups is 1. The van der Waals surface area contributed by atoms with Gasteiger partial charge in [-0.2, -0.15) is 0 Å². The quantitative estimate of drug-likeness (QED) is 0.901. The van der Waals surface area contributed by atoms with Gasteiger partial charge in [-0.05, 0) is 69.6 Å². The van der Waals surface area contributed by atoms with Crippen molar-refractivity contribution in [3.63, 3.8) is 0 Å². The molecule has 2 bridgehead atoms. The van der Waals surface area contributed by atoms with Crippen LogP contribution in [0.5, 0.6) is 11.5 Å².